The van der Waals surface area contributed by atoms with Gasteiger partial charge in [0, 0.05) is 5.56 Å². The summed E-state index contributed by atoms with van der Waals surface area (Å²) < 4.78 is 35.9. The largest absolute Gasteiger partial charge is 0.547 e. The van der Waals surface area contributed by atoms with E-state index in [0.717, 1.165) is 11.1 Å². The van der Waals surface area contributed by atoms with Crippen LogP contribution in [0.5, 0.6) is 5.75 Å². The molecule has 0 aromatic heterocycles. The minimum atomic E-state index is -3.94. The zero-order valence-corrected chi connectivity index (χ0v) is 19.4. The van der Waals surface area contributed by atoms with Crippen molar-refractivity contribution in [3.05, 3.63) is 59.2 Å². The first-order valence-corrected chi connectivity index (χ1v) is 13.5. The molecular formula is C21H30O5SSi. The number of hydrogen-bond acceptors (Lipinski definition) is 5. The van der Waals surface area contributed by atoms with Crippen LogP contribution in [0, 0.1) is 6.92 Å². The molecule has 0 aliphatic rings. The molecule has 5 nitrogen and oxygen atoms in total. The average Bonchev–Trinajstić information content (AvgIpc) is 2.59. The second-order valence-corrected chi connectivity index (χ2v) is 12.2. The van der Waals surface area contributed by atoms with Gasteiger partial charge in [0.25, 0.3) is 10.1 Å². The quantitative estimate of drug-likeness (QED) is 0.537. The smallest absolute Gasteiger partial charge is 0.297 e. The summed E-state index contributed by atoms with van der Waals surface area (Å²) in [6.45, 7) is 11.9. The lowest BCUT2D eigenvalue weighted by atomic mass is 9.86. The van der Waals surface area contributed by atoms with E-state index >= 15 is 0 Å². The summed E-state index contributed by atoms with van der Waals surface area (Å²) in [6.07, 6.45) is -1.11. The number of hydrogen-bond donors (Lipinski definition) is 1. The summed E-state index contributed by atoms with van der Waals surface area (Å²) in [6, 6.07) is 12.1. The molecule has 0 saturated heterocycles. The van der Waals surface area contributed by atoms with E-state index in [4.69, 9.17) is 8.61 Å². The Morgan fingerprint density at radius 2 is 1.68 bits per heavy atom. The lowest BCUT2D eigenvalue weighted by molar-refractivity contribution is 0.110. The maximum atomic E-state index is 12.4. The van der Waals surface area contributed by atoms with E-state index in [-0.39, 0.29) is 16.9 Å². The van der Waals surface area contributed by atoms with E-state index in [1.54, 1.807) is 18.2 Å². The minimum Gasteiger partial charge on any atom is -0.547 e. The molecule has 0 aliphatic heterocycles. The van der Waals surface area contributed by atoms with Gasteiger partial charge in [-0.2, -0.15) is 8.42 Å². The molecule has 0 amide bonds. The molecule has 28 heavy (non-hydrogen) atoms. The third kappa shape index (κ3) is 5.91. The van der Waals surface area contributed by atoms with Gasteiger partial charge in [-0.1, -0.05) is 50.6 Å². The molecule has 7 heteroatoms. The second-order valence-electron chi connectivity index (χ2n) is 8.24. The van der Waals surface area contributed by atoms with Gasteiger partial charge in [0.15, 0.2) is 0 Å². The SMILES string of the molecule is Cc1ccc(S(=O)(=O)OCC(O)c2ccc(C(C)(C)C)cc2O[SiH](C)C)cc1. The van der Waals surface area contributed by atoms with Crippen LogP contribution in [0.2, 0.25) is 13.1 Å². The Bertz CT molecular complexity index is 899. The average molecular weight is 423 g/mol. The third-order valence-electron chi connectivity index (χ3n) is 4.29. The lowest BCUT2D eigenvalue weighted by Crippen LogP contribution is -2.19. The van der Waals surface area contributed by atoms with Gasteiger partial charge in [-0.05, 0) is 49.2 Å². The van der Waals surface area contributed by atoms with Crippen molar-refractivity contribution in [1.82, 2.24) is 0 Å². The Labute approximate surface area is 170 Å². The summed E-state index contributed by atoms with van der Waals surface area (Å²) in [7, 11) is -5.36. The van der Waals surface area contributed by atoms with Crippen molar-refractivity contribution in [3.63, 3.8) is 0 Å². The molecule has 0 bridgehead atoms. The van der Waals surface area contributed by atoms with Crippen molar-refractivity contribution in [1.29, 1.82) is 0 Å². The molecule has 1 N–H and O–H groups in total. The standard InChI is InChI=1S/C21H30O5SSi/c1-15-7-10-17(11-8-15)27(23,24)25-14-19(22)18-12-9-16(21(2,3)4)13-20(18)26-28(5)6/h7-13,19,22,28H,14H2,1-6H3. The van der Waals surface area contributed by atoms with Gasteiger partial charge in [-0.3, -0.25) is 4.18 Å². The van der Waals surface area contributed by atoms with Gasteiger partial charge in [-0.25, -0.2) is 0 Å². The molecule has 1 unspecified atom stereocenters. The zero-order chi connectivity index (χ0) is 21.1. The Morgan fingerprint density at radius 1 is 1.07 bits per heavy atom. The Kier molecular flexibility index (Phi) is 7.09. The highest BCUT2D eigenvalue weighted by Gasteiger charge is 2.23. The van der Waals surface area contributed by atoms with E-state index in [9.17, 15) is 13.5 Å². The monoisotopic (exact) mass is 422 g/mol. The fourth-order valence-corrected chi connectivity index (χ4v) is 4.27. The summed E-state index contributed by atoms with van der Waals surface area (Å²) in [5, 5.41) is 10.6. The normalized spacial score (nSPS) is 13.6. The first-order chi connectivity index (χ1) is 12.9. The van der Waals surface area contributed by atoms with Gasteiger partial charge in [0.05, 0.1) is 11.5 Å². The second kappa shape index (κ2) is 8.78. The summed E-state index contributed by atoms with van der Waals surface area (Å²) >= 11 is 0. The van der Waals surface area contributed by atoms with E-state index < -0.39 is 25.3 Å². The molecule has 2 aromatic rings. The van der Waals surface area contributed by atoms with E-state index in [2.05, 4.69) is 20.8 Å². The molecule has 0 radical (unpaired) electrons. The molecule has 0 saturated carbocycles. The summed E-state index contributed by atoms with van der Waals surface area (Å²) in [4.78, 5) is 0.0689. The van der Waals surface area contributed by atoms with Crippen LogP contribution in [0.4, 0.5) is 0 Å². The molecule has 2 aromatic carbocycles. The number of benzene rings is 2. The first-order valence-electron chi connectivity index (χ1n) is 9.35. The molecule has 0 spiro atoms. The van der Waals surface area contributed by atoms with Crippen LogP contribution in [0.3, 0.4) is 0 Å². The fraction of sp³-hybridized carbons (Fsp3) is 0.429. The maximum absolute atomic E-state index is 12.4. The third-order valence-corrected chi connectivity index (χ3v) is 6.31. The van der Waals surface area contributed by atoms with Crippen molar-refractivity contribution >= 4 is 19.2 Å². The number of rotatable bonds is 7. The highest BCUT2D eigenvalue weighted by Crippen LogP contribution is 2.32. The van der Waals surface area contributed by atoms with Gasteiger partial charge >= 0.3 is 0 Å². The van der Waals surface area contributed by atoms with Gasteiger partial charge in [0.2, 0.25) is 9.04 Å². The summed E-state index contributed by atoms with van der Waals surface area (Å²) in [5.74, 6) is 0.595. The Morgan fingerprint density at radius 3 is 2.21 bits per heavy atom. The van der Waals surface area contributed by atoms with Gasteiger partial charge in [-0.15, -0.1) is 0 Å². The Balaban J connectivity index is 2.23. The molecule has 0 heterocycles. The van der Waals surface area contributed by atoms with Crippen molar-refractivity contribution in [3.8, 4) is 5.75 Å². The Hall–Kier alpha value is -1.67. The first kappa shape index (κ1) is 22.6. The molecule has 0 aliphatic carbocycles. The van der Waals surface area contributed by atoms with Gasteiger partial charge < -0.3 is 9.53 Å². The van der Waals surface area contributed by atoms with Crippen molar-refractivity contribution < 1.29 is 22.1 Å². The molecule has 0 fully saturated rings. The van der Waals surface area contributed by atoms with E-state index in [0.29, 0.717) is 11.3 Å². The zero-order valence-electron chi connectivity index (χ0n) is 17.4. The van der Waals surface area contributed by atoms with Crippen LogP contribution in [0.25, 0.3) is 0 Å². The molecular weight excluding hydrogens is 392 g/mol. The molecule has 2 rings (SSSR count). The highest BCUT2D eigenvalue weighted by atomic mass is 32.2. The van der Waals surface area contributed by atoms with Crippen LogP contribution in [-0.2, 0) is 19.7 Å². The van der Waals surface area contributed by atoms with Crippen molar-refractivity contribution in [2.24, 2.45) is 0 Å². The van der Waals surface area contributed by atoms with Crippen LogP contribution >= 0.6 is 0 Å². The molecule has 1 atom stereocenters. The fourth-order valence-electron chi connectivity index (χ4n) is 2.65. The summed E-state index contributed by atoms with van der Waals surface area (Å²) in [5.41, 5.74) is 2.51. The molecule has 154 valence electrons. The van der Waals surface area contributed by atoms with Crippen LogP contribution in [0.15, 0.2) is 47.4 Å². The van der Waals surface area contributed by atoms with Gasteiger partial charge in [0.1, 0.15) is 11.9 Å². The predicted molar refractivity (Wildman–Crippen MR) is 114 cm³/mol. The van der Waals surface area contributed by atoms with Crippen LogP contribution < -0.4 is 4.43 Å². The van der Waals surface area contributed by atoms with Crippen molar-refractivity contribution in [2.45, 2.75) is 57.2 Å². The van der Waals surface area contributed by atoms with Crippen LogP contribution in [-0.4, -0.2) is 29.2 Å². The van der Waals surface area contributed by atoms with E-state index in [1.165, 1.54) is 12.1 Å². The minimum absolute atomic E-state index is 0.0641. The van der Waals surface area contributed by atoms with Crippen molar-refractivity contribution in [2.75, 3.05) is 6.61 Å². The highest BCUT2D eigenvalue weighted by molar-refractivity contribution is 7.86. The number of aryl methyl sites for hydroxylation is 1. The maximum Gasteiger partial charge on any atom is 0.297 e. The number of aliphatic hydroxyl groups excluding tert-OH is 1. The van der Waals surface area contributed by atoms with Crippen LogP contribution in [0.1, 0.15) is 43.6 Å². The van der Waals surface area contributed by atoms with E-state index in [1.807, 2.05) is 32.2 Å². The predicted octanol–water partition coefficient (Wildman–Crippen LogP) is 4.09. The number of aliphatic hydroxyl groups is 1. The topological polar surface area (TPSA) is 72.8 Å². The lowest BCUT2D eigenvalue weighted by Gasteiger charge is -2.24.